The van der Waals surface area contributed by atoms with Crippen molar-refractivity contribution in [2.75, 3.05) is 31.9 Å². The topological polar surface area (TPSA) is 57.7 Å². The number of nitrogens with zero attached hydrogens (tertiary/aromatic N) is 2. The van der Waals surface area contributed by atoms with Gasteiger partial charge in [0.05, 0.1) is 12.2 Å². The quantitative estimate of drug-likeness (QED) is 0.825. The van der Waals surface area contributed by atoms with Crippen molar-refractivity contribution in [3.8, 4) is 0 Å². The normalized spacial score (nSPS) is 17.2. The summed E-state index contributed by atoms with van der Waals surface area (Å²) in [5.41, 5.74) is 0.993. The van der Waals surface area contributed by atoms with Gasteiger partial charge in [-0.3, -0.25) is 4.79 Å². The molecule has 6 heteroatoms. The van der Waals surface area contributed by atoms with Crippen molar-refractivity contribution in [3.05, 3.63) is 35.9 Å². The molecule has 1 aliphatic heterocycles. The van der Waals surface area contributed by atoms with Gasteiger partial charge in [0.25, 0.3) is 0 Å². The van der Waals surface area contributed by atoms with Crippen LogP contribution in [0, 0.1) is 0 Å². The van der Waals surface area contributed by atoms with Crippen LogP contribution in [0.15, 0.2) is 30.3 Å². The molecule has 122 valence electrons. The van der Waals surface area contributed by atoms with Crippen LogP contribution in [0.1, 0.15) is 25.3 Å². The van der Waals surface area contributed by atoms with Crippen LogP contribution in [-0.2, 0) is 21.2 Å². The first-order valence-electron chi connectivity index (χ1n) is 7.82. The van der Waals surface area contributed by atoms with Gasteiger partial charge in [-0.15, -0.1) is 0 Å². The maximum atomic E-state index is 12.4. The molecule has 1 heterocycles. The highest BCUT2D eigenvalue weighted by molar-refractivity contribution is 7.89. The van der Waals surface area contributed by atoms with Crippen LogP contribution in [0.2, 0.25) is 0 Å². The van der Waals surface area contributed by atoms with Crippen molar-refractivity contribution in [2.45, 2.75) is 26.2 Å². The first kappa shape index (κ1) is 17.0. The second-order valence-electron chi connectivity index (χ2n) is 5.61. The predicted molar refractivity (Wildman–Crippen MR) is 87.0 cm³/mol. The van der Waals surface area contributed by atoms with Crippen molar-refractivity contribution < 1.29 is 13.2 Å². The van der Waals surface area contributed by atoms with Crippen molar-refractivity contribution in [1.82, 2.24) is 9.21 Å². The smallest absolute Gasteiger partial charge is 0.227 e. The third kappa shape index (κ3) is 4.55. The molecule has 0 radical (unpaired) electrons. The lowest BCUT2D eigenvalue weighted by atomic mass is 10.1. The fraction of sp³-hybridized carbons (Fsp3) is 0.562. The molecule has 22 heavy (non-hydrogen) atoms. The summed E-state index contributed by atoms with van der Waals surface area (Å²) in [5, 5.41) is 0. The summed E-state index contributed by atoms with van der Waals surface area (Å²) in [6, 6.07) is 9.64. The lowest BCUT2D eigenvalue weighted by Gasteiger charge is -2.22. The third-order valence-electron chi connectivity index (χ3n) is 3.86. The molecule has 0 aliphatic carbocycles. The molecule has 1 aromatic carbocycles. The molecule has 0 spiro atoms. The highest BCUT2D eigenvalue weighted by atomic mass is 32.2. The molecule has 0 N–H and O–H groups in total. The second-order valence-corrected chi connectivity index (χ2v) is 7.70. The Balaban J connectivity index is 1.94. The summed E-state index contributed by atoms with van der Waals surface area (Å²) in [5.74, 6) is 0.256. The SMILES string of the molecule is CCCS(=O)(=O)N1CCCN(C(=O)Cc2ccccc2)CC1. The number of carbonyl (C=O) groups excluding carboxylic acids is 1. The maximum Gasteiger partial charge on any atom is 0.227 e. The van der Waals surface area contributed by atoms with E-state index in [0.29, 0.717) is 45.4 Å². The molecule has 0 atom stereocenters. The van der Waals surface area contributed by atoms with E-state index in [2.05, 4.69) is 0 Å². The fourth-order valence-electron chi connectivity index (χ4n) is 2.69. The monoisotopic (exact) mass is 324 g/mol. The number of carbonyl (C=O) groups is 1. The van der Waals surface area contributed by atoms with Crippen LogP contribution in [0.3, 0.4) is 0 Å². The van der Waals surface area contributed by atoms with Gasteiger partial charge in [0, 0.05) is 26.2 Å². The van der Waals surface area contributed by atoms with E-state index in [-0.39, 0.29) is 11.7 Å². The summed E-state index contributed by atoms with van der Waals surface area (Å²) < 4.78 is 25.8. The highest BCUT2D eigenvalue weighted by Gasteiger charge is 2.25. The van der Waals surface area contributed by atoms with E-state index in [1.54, 1.807) is 4.90 Å². The van der Waals surface area contributed by atoms with Crippen LogP contribution in [0.5, 0.6) is 0 Å². The van der Waals surface area contributed by atoms with Crippen LogP contribution >= 0.6 is 0 Å². The van der Waals surface area contributed by atoms with Gasteiger partial charge in [-0.05, 0) is 18.4 Å². The first-order chi connectivity index (χ1) is 10.5. The largest absolute Gasteiger partial charge is 0.341 e. The summed E-state index contributed by atoms with van der Waals surface area (Å²) >= 11 is 0. The van der Waals surface area contributed by atoms with Gasteiger partial charge >= 0.3 is 0 Å². The van der Waals surface area contributed by atoms with E-state index < -0.39 is 10.0 Å². The van der Waals surface area contributed by atoms with Gasteiger partial charge in [-0.2, -0.15) is 0 Å². The Labute approximate surface area is 133 Å². The molecule has 5 nitrogen and oxygen atoms in total. The molecule has 0 bridgehead atoms. The average molecular weight is 324 g/mol. The minimum atomic E-state index is -3.17. The molecule has 0 saturated carbocycles. The molecule has 1 saturated heterocycles. The van der Waals surface area contributed by atoms with E-state index in [9.17, 15) is 13.2 Å². The summed E-state index contributed by atoms with van der Waals surface area (Å²) in [6.07, 6.45) is 1.70. The van der Waals surface area contributed by atoms with Crippen LogP contribution in [-0.4, -0.2) is 55.5 Å². The van der Waals surface area contributed by atoms with Gasteiger partial charge < -0.3 is 4.90 Å². The molecule has 1 fully saturated rings. The standard InChI is InChI=1S/C16H24N2O3S/c1-2-13-22(20,21)18-10-6-9-17(11-12-18)16(19)14-15-7-4-3-5-8-15/h3-5,7-8H,2,6,9-14H2,1H3. The van der Waals surface area contributed by atoms with Gasteiger partial charge in [0.15, 0.2) is 0 Å². The van der Waals surface area contributed by atoms with Gasteiger partial charge in [0.2, 0.25) is 15.9 Å². The molecule has 1 aliphatic rings. The molecular formula is C16H24N2O3S. The fourth-order valence-corrected chi connectivity index (χ4v) is 4.23. The second kappa shape index (κ2) is 7.74. The van der Waals surface area contributed by atoms with Crippen molar-refractivity contribution >= 4 is 15.9 Å². The zero-order valence-electron chi connectivity index (χ0n) is 13.1. The Kier molecular flexibility index (Phi) is 5.97. The predicted octanol–water partition coefficient (Wildman–Crippen LogP) is 1.50. The lowest BCUT2D eigenvalue weighted by Crippen LogP contribution is -2.38. The minimum Gasteiger partial charge on any atom is -0.341 e. The van der Waals surface area contributed by atoms with Crippen molar-refractivity contribution in [1.29, 1.82) is 0 Å². The Morgan fingerprint density at radius 2 is 1.82 bits per heavy atom. The third-order valence-corrected chi connectivity index (χ3v) is 5.94. The minimum absolute atomic E-state index is 0.0703. The van der Waals surface area contributed by atoms with E-state index in [4.69, 9.17) is 0 Å². The van der Waals surface area contributed by atoms with Crippen molar-refractivity contribution in [2.24, 2.45) is 0 Å². The Hall–Kier alpha value is -1.40. The van der Waals surface area contributed by atoms with Crippen LogP contribution < -0.4 is 0 Å². The van der Waals surface area contributed by atoms with Gasteiger partial charge in [-0.25, -0.2) is 12.7 Å². The van der Waals surface area contributed by atoms with Crippen molar-refractivity contribution in [3.63, 3.8) is 0 Å². The molecule has 2 rings (SSSR count). The highest BCUT2D eigenvalue weighted by Crippen LogP contribution is 2.11. The Morgan fingerprint density at radius 1 is 1.09 bits per heavy atom. The number of hydrogen-bond acceptors (Lipinski definition) is 3. The zero-order chi connectivity index (χ0) is 16.0. The number of hydrogen-bond donors (Lipinski definition) is 0. The summed E-state index contributed by atoms with van der Waals surface area (Å²) in [7, 11) is -3.17. The maximum absolute atomic E-state index is 12.4. The summed E-state index contributed by atoms with van der Waals surface area (Å²) in [4.78, 5) is 14.1. The first-order valence-corrected chi connectivity index (χ1v) is 9.43. The van der Waals surface area contributed by atoms with E-state index in [1.165, 1.54) is 4.31 Å². The van der Waals surface area contributed by atoms with Gasteiger partial charge in [-0.1, -0.05) is 37.3 Å². The average Bonchev–Trinajstić information content (AvgIpc) is 2.74. The van der Waals surface area contributed by atoms with Gasteiger partial charge in [0.1, 0.15) is 0 Å². The van der Waals surface area contributed by atoms with E-state index in [1.807, 2.05) is 37.3 Å². The molecular weight excluding hydrogens is 300 g/mol. The molecule has 0 unspecified atom stereocenters. The zero-order valence-corrected chi connectivity index (χ0v) is 13.9. The number of rotatable bonds is 5. The van der Waals surface area contributed by atoms with E-state index >= 15 is 0 Å². The molecule has 0 aromatic heterocycles. The lowest BCUT2D eigenvalue weighted by molar-refractivity contribution is -0.130. The Morgan fingerprint density at radius 3 is 2.50 bits per heavy atom. The number of benzene rings is 1. The molecule has 1 amide bonds. The number of amides is 1. The van der Waals surface area contributed by atoms with Crippen LogP contribution in [0.4, 0.5) is 0 Å². The number of sulfonamides is 1. The van der Waals surface area contributed by atoms with E-state index in [0.717, 1.165) is 5.56 Å². The molecule has 1 aromatic rings. The summed E-state index contributed by atoms with van der Waals surface area (Å²) in [6.45, 7) is 3.89. The van der Waals surface area contributed by atoms with Crippen LogP contribution in [0.25, 0.3) is 0 Å². The Bertz CT molecular complexity index is 587.